The highest BCUT2D eigenvalue weighted by Crippen LogP contribution is 2.37. The molecule has 1 atom stereocenters. The number of nitrogens with one attached hydrogen (secondary N) is 1. The van der Waals surface area contributed by atoms with Crippen LogP contribution in [0.2, 0.25) is 0 Å². The SMILES string of the molecule is CC1Nc2c(c(=O)n(C)c3ccc(N)cc23)OCC1(F)F. The van der Waals surface area contributed by atoms with Gasteiger partial charge in [-0.15, -0.1) is 0 Å². The number of rotatable bonds is 0. The fraction of sp³-hybridized carbons (Fsp3) is 0.357. The third kappa shape index (κ3) is 2.00. The van der Waals surface area contributed by atoms with Crippen LogP contribution in [-0.2, 0) is 7.05 Å². The Hall–Kier alpha value is -2.31. The number of aromatic nitrogens is 1. The topological polar surface area (TPSA) is 69.3 Å². The molecule has 7 heteroatoms. The Labute approximate surface area is 119 Å². The number of fused-ring (bicyclic) bond motifs is 3. The first-order valence-electron chi connectivity index (χ1n) is 6.50. The van der Waals surface area contributed by atoms with Crippen LogP contribution in [0.5, 0.6) is 5.75 Å². The van der Waals surface area contributed by atoms with Gasteiger partial charge in [-0.2, -0.15) is 0 Å². The summed E-state index contributed by atoms with van der Waals surface area (Å²) in [5.41, 5.74) is 6.66. The highest BCUT2D eigenvalue weighted by atomic mass is 19.3. The van der Waals surface area contributed by atoms with E-state index in [-0.39, 0.29) is 11.4 Å². The van der Waals surface area contributed by atoms with Crippen LogP contribution >= 0.6 is 0 Å². The number of anilines is 2. The molecule has 2 aromatic rings. The number of pyridine rings is 1. The molecule has 5 nitrogen and oxygen atoms in total. The molecular weight excluding hydrogens is 280 g/mol. The van der Waals surface area contributed by atoms with Crippen molar-refractivity contribution in [2.45, 2.75) is 18.9 Å². The molecular formula is C14H15F2N3O2. The van der Waals surface area contributed by atoms with Crippen LogP contribution in [0.25, 0.3) is 10.9 Å². The van der Waals surface area contributed by atoms with Crippen molar-refractivity contribution in [3.8, 4) is 5.75 Å². The zero-order valence-electron chi connectivity index (χ0n) is 11.6. The zero-order valence-corrected chi connectivity index (χ0v) is 11.6. The fourth-order valence-corrected chi connectivity index (χ4v) is 2.43. The number of aryl methyl sites for hydroxylation is 1. The Morgan fingerprint density at radius 2 is 2.19 bits per heavy atom. The monoisotopic (exact) mass is 295 g/mol. The van der Waals surface area contributed by atoms with Gasteiger partial charge in [-0.05, 0) is 25.1 Å². The van der Waals surface area contributed by atoms with Crippen LogP contribution in [0.15, 0.2) is 23.0 Å². The van der Waals surface area contributed by atoms with Gasteiger partial charge in [-0.3, -0.25) is 4.79 Å². The lowest BCUT2D eigenvalue weighted by atomic mass is 10.1. The molecule has 3 rings (SSSR count). The minimum absolute atomic E-state index is 0.0976. The highest BCUT2D eigenvalue weighted by molar-refractivity contribution is 5.96. The standard InChI is InChI=1S/C14H15F2N3O2/c1-7-14(15,16)6-21-12-11(18-7)9-5-8(17)3-4-10(9)19(2)13(12)20/h3-5,7,18H,6,17H2,1-2H3. The molecule has 3 N–H and O–H groups in total. The van der Waals surface area contributed by atoms with Crippen LogP contribution in [0.1, 0.15) is 6.92 Å². The second kappa shape index (κ2) is 4.34. The molecule has 112 valence electrons. The van der Waals surface area contributed by atoms with Crippen LogP contribution < -0.4 is 21.3 Å². The van der Waals surface area contributed by atoms with E-state index in [9.17, 15) is 13.6 Å². The minimum atomic E-state index is -3.07. The van der Waals surface area contributed by atoms with Gasteiger partial charge in [-0.25, -0.2) is 8.78 Å². The van der Waals surface area contributed by atoms with Gasteiger partial charge < -0.3 is 20.4 Å². The van der Waals surface area contributed by atoms with Gasteiger partial charge in [0.15, 0.2) is 6.61 Å². The van der Waals surface area contributed by atoms with Crippen LogP contribution in [-0.4, -0.2) is 23.1 Å². The highest BCUT2D eigenvalue weighted by Gasteiger charge is 2.41. The molecule has 0 fully saturated rings. The van der Waals surface area contributed by atoms with E-state index in [1.807, 2.05) is 0 Å². The summed E-state index contributed by atoms with van der Waals surface area (Å²) in [6.45, 7) is 0.519. The van der Waals surface area contributed by atoms with Gasteiger partial charge in [-0.1, -0.05) is 0 Å². The molecule has 1 aliphatic heterocycles. The number of hydrogen-bond acceptors (Lipinski definition) is 4. The maximum atomic E-state index is 13.8. The Bertz CT molecular complexity index is 786. The van der Waals surface area contributed by atoms with E-state index < -0.39 is 24.1 Å². The number of hydrogen-bond donors (Lipinski definition) is 2. The largest absolute Gasteiger partial charge is 0.480 e. The number of halogens is 2. The Morgan fingerprint density at radius 3 is 2.90 bits per heavy atom. The Balaban J connectivity index is 2.35. The summed E-state index contributed by atoms with van der Waals surface area (Å²) < 4.78 is 34.1. The van der Waals surface area contributed by atoms with Gasteiger partial charge in [0, 0.05) is 18.1 Å². The Morgan fingerprint density at radius 1 is 1.48 bits per heavy atom. The second-order valence-corrected chi connectivity index (χ2v) is 5.26. The van der Waals surface area contributed by atoms with Crippen molar-refractivity contribution in [3.63, 3.8) is 0 Å². The first-order valence-corrected chi connectivity index (χ1v) is 6.50. The van der Waals surface area contributed by atoms with Gasteiger partial charge in [0.25, 0.3) is 5.56 Å². The second-order valence-electron chi connectivity index (χ2n) is 5.26. The summed E-state index contributed by atoms with van der Waals surface area (Å²) in [7, 11) is 1.57. The number of nitrogens with zero attached hydrogens (tertiary/aromatic N) is 1. The van der Waals surface area contributed by atoms with E-state index in [1.165, 1.54) is 11.5 Å². The molecule has 0 saturated carbocycles. The third-order valence-electron chi connectivity index (χ3n) is 3.78. The third-order valence-corrected chi connectivity index (χ3v) is 3.78. The van der Waals surface area contributed by atoms with Crippen molar-refractivity contribution < 1.29 is 13.5 Å². The molecule has 0 saturated heterocycles. The average molecular weight is 295 g/mol. The van der Waals surface area contributed by atoms with E-state index in [4.69, 9.17) is 10.5 Å². The maximum Gasteiger partial charge on any atom is 0.300 e. The molecule has 1 aliphatic rings. The Kier molecular flexibility index (Phi) is 2.82. The molecule has 0 amide bonds. The van der Waals surface area contributed by atoms with Crippen LogP contribution in [0.3, 0.4) is 0 Å². The minimum Gasteiger partial charge on any atom is -0.480 e. The summed E-state index contributed by atoms with van der Waals surface area (Å²) >= 11 is 0. The molecule has 0 radical (unpaired) electrons. The van der Waals surface area contributed by atoms with Gasteiger partial charge in [0.2, 0.25) is 5.75 Å². The predicted octanol–water partition coefficient (Wildman–Crippen LogP) is 1.95. The van der Waals surface area contributed by atoms with Crippen LogP contribution in [0, 0.1) is 0 Å². The lowest BCUT2D eigenvalue weighted by Gasteiger charge is -2.21. The number of nitrogens with two attached hydrogens (primary N) is 1. The van der Waals surface area contributed by atoms with Gasteiger partial charge >= 0.3 is 5.92 Å². The van der Waals surface area contributed by atoms with E-state index in [0.29, 0.717) is 16.6 Å². The smallest absolute Gasteiger partial charge is 0.300 e. The molecule has 1 aromatic carbocycles. The first-order chi connectivity index (χ1) is 9.81. The van der Waals surface area contributed by atoms with E-state index in [0.717, 1.165) is 0 Å². The summed E-state index contributed by atoms with van der Waals surface area (Å²) in [6.07, 6.45) is 0. The maximum absolute atomic E-state index is 13.8. The zero-order chi connectivity index (χ0) is 15.4. The van der Waals surface area contributed by atoms with Gasteiger partial charge in [0.1, 0.15) is 0 Å². The predicted molar refractivity (Wildman–Crippen MR) is 77.1 cm³/mol. The van der Waals surface area contributed by atoms with Crippen LogP contribution in [0.4, 0.5) is 20.2 Å². The summed E-state index contributed by atoms with van der Waals surface area (Å²) in [5.74, 6) is -3.17. The van der Waals surface area contributed by atoms with Crippen molar-refractivity contribution in [2.24, 2.45) is 7.05 Å². The molecule has 2 heterocycles. The summed E-state index contributed by atoms with van der Waals surface area (Å²) in [6, 6.07) is 3.82. The molecule has 0 bridgehead atoms. The average Bonchev–Trinajstić information content (AvgIpc) is 2.54. The molecule has 1 unspecified atom stereocenters. The van der Waals surface area contributed by atoms with Crippen molar-refractivity contribution in [2.75, 3.05) is 17.7 Å². The molecule has 21 heavy (non-hydrogen) atoms. The fourth-order valence-electron chi connectivity index (χ4n) is 2.43. The van der Waals surface area contributed by atoms with Crippen molar-refractivity contribution in [1.29, 1.82) is 0 Å². The summed E-state index contributed by atoms with van der Waals surface area (Å²) in [4.78, 5) is 12.3. The van der Waals surface area contributed by atoms with Crippen molar-refractivity contribution >= 4 is 22.3 Å². The van der Waals surface area contributed by atoms with E-state index >= 15 is 0 Å². The number of ether oxygens (including phenoxy) is 1. The van der Waals surface area contributed by atoms with E-state index in [1.54, 1.807) is 25.2 Å². The number of nitrogen functional groups attached to an aromatic ring is 1. The van der Waals surface area contributed by atoms with Crippen molar-refractivity contribution in [1.82, 2.24) is 4.57 Å². The first kappa shape index (κ1) is 13.7. The number of benzene rings is 1. The quantitative estimate of drug-likeness (QED) is 0.729. The van der Waals surface area contributed by atoms with Crippen molar-refractivity contribution in [3.05, 3.63) is 28.6 Å². The van der Waals surface area contributed by atoms with Gasteiger partial charge in [0.05, 0.1) is 17.2 Å². The lowest BCUT2D eigenvalue weighted by molar-refractivity contribution is -0.0487. The molecule has 1 aromatic heterocycles. The molecule has 0 spiro atoms. The lowest BCUT2D eigenvalue weighted by Crippen LogP contribution is -2.40. The molecule has 0 aliphatic carbocycles. The number of alkyl halides is 2. The summed E-state index contributed by atoms with van der Waals surface area (Å²) in [5, 5.41) is 3.29. The normalized spacial score (nSPS) is 20.3. The van der Waals surface area contributed by atoms with E-state index in [2.05, 4.69) is 5.32 Å².